The zero-order valence-corrected chi connectivity index (χ0v) is 10.3. The number of carbonyl (C=O) groups excluding carboxylic acids is 1. The summed E-state index contributed by atoms with van der Waals surface area (Å²) in [4.78, 5) is 12.0. The minimum atomic E-state index is -0.810. The van der Waals surface area contributed by atoms with Crippen LogP contribution < -0.4 is 5.32 Å². The normalized spacial score (nSPS) is 10.7. The van der Waals surface area contributed by atoms with Crippen molar-refractivity contribution in [2.45, 2.75) is 0 Å². The fraction of sp³-hybridized carbons (Fsp3) is 0. The fourth-order valence-electron chi connectivity index (χ4n) is 1.97. The predicted molar refractivity (Wildman–Crippen MR) is 72.7 cm³/mol. The Kier molecular flexibility index (Phi) is 2.95. The van der Waals surface area contributed by atoms with Gasteiger partial charge in [0.05, 0.1) is 5.69 Å². The molecule has 5 heteroatoms. The Labute approximate surface area is 113 Å². The van der Waals surface area contributed by atoms with Gasteiger partial charge in [0.15, 0.2) is 0 Å². The first-order chi connectivity index (χ1) is 9.63. The van der Waals surface area contributed by atoms with E-state index in [2.05, 4.69) is 5.32 Å². The van der Waals surface area contributed by atoms with Crippen LogP contribution in [0, 0.1) is 11.6 Å². The Morgan fingerprint density at radius 1 is 1.00 bits per heavy atom. The number of fused-ring (bicyclic) bond motifs is 1. The van der Waals surface area contributed by atoms with E-state index in [9.17, 15) is 13.6 Å². The predicted octanol–water partition coefficient (Wildman–Crippen LogP) is 4.00. The number of nitrogens with zero attached hydrogens (tertiary/aromatic N) is 1. The van der Waals surface area contributed by atoms with Crippen molar-refractivity contribution in [2.24, 2.45) is 0 Å². The molecule has 20 heavy (non-hydrogen) atoms. The maximum atomic E-state index is 13.5. The van der Waals surface area contributed by atoms with Crippen molar-refractivity contribution in [1.29, 1.82) is 0 Å². The quantitative estimate of drug-likeness (QED) is 0.713. The average Bonchev–Trinajstić information content (AvgIpc) is 2.86. The molecule has 0 saturated heterocycles. The Balaban J connectivity index is 1.89. The third-order valence-corrected chi connectivity index (χ3v) is 2.96. The monoisotopic (exact) mass is 272 g/mol. The number of hydrogen-bond donors (Lipinski definition) is 1. The molecule has 1 aromatic heterocycles. The van der Waals surface area contributed by atoms with Crippen molar-refractivity contribution in [3.63, 3.8) is 0 Å². The zero-order chi connectivity index (χ0) is 14.1. The van der Waals surface area contributed by atoms with Gasteiger partial charge in [-0.1, -0.05) is 24.3 Å². The molecule has 0 aliphatic rings. The van der Waals surface area contributed by atoms with Gasteiger partial charge in [-0.15, -0.1) is 0 Å². The second kappa shape index (κ2) is 4.77. The van der Waals surface area contributed by atoms with Gasteiger partial charge in [-0.3, -0.25) is 4.57 Å². The lowest BCUT2D eigenvalue weighted by Gasteiger charge is -2.06. The number of aromatic nitrogens is 1. The van der Waals surface area contributed by atoms with E-state index >= 15 is 0 Å². The molecule has 0 bridgehead atoms. The van der Waals surface area contributed by atoms with Crippen LogP contribution in [0.5, 0.6) is 0 Å². The Bertz CT molecular complexity index is 762. The summed E-state index contributed by atoms with van der Waals surface area (Å²) in [6, 6.07) is 9.97. The molecule has 0 atom stereocenters. The first-order valence-corrected chi connectivity index (χ1v) is 5.96. The summed E-state index contributed by atoms with van der Waals surface area (Å²) < 4.78 is 27.6. The first-order valence-electron chi connectivity index (χ1n) is 5.96. The van der Waals surface area contributed by atoms with Crippen LogP contribution in [0.1, 0.15) is 0 Å². The molecule has 2 aromatic carbocycles. The third kappa shape index (κ3) is 2.25. The summed E-state index contributed by atoms with van der Waals surface area (Å²) in [5.41, 5.74) is -0.0610. The smallest absolute Gasteiger partial charge is 0.304 e. The van der Waals surface area contributed by atoms with Crippen molar-refractivity contribution >= 4 is 22.5 Å². The molecule has 0 aliphatic heterocycles. The van der Waals surface area contributed by atoms with Gasteiger partial charge in [0.2, 0.25) is 0 Å². The van der Waals surface area contributed by atoms with Crippen LogP contribution in [-0.2, 0) is 0 Å². The fourth-order valence-corrected chi connectivity index (χ4v) is 1.97. The van der Waals surface area contributed by atoms with E-state index in [0.29, 0.717) is 0 Å². The Morgan fingerprint density at radius 2 is 1.65 bits per heavy atom. The van der Waals surface area contributed by atoms with Crippen molar-refractivity contribution < 1.29 is 13.6 Å². The minimum Gasteiger partial charge on any atom is -0.304 e. The highest BCUT2D eigenvalue weighted by molar-refractivity contribution is 5.95. The molecule has 3 rings (SSSR count). The van der Waals surface area contributed by atoms with E-state index in [-0.39, 0.29) is 5.69 Å². The highest BCUT2D eigenvalue weighted by Gasteiger charge is 2.10. The van der Waals surface area contributed by atoms with Crippen molar-refractivity contribution in [1.82, 2.24) is 4.57 Å². The van der Waals surface area contributed by atoms with Gasteiger partial charge in [-0.05, 0) is 22.9 Å². The number of rotatable bonds is 1. The molecule has 3 nitrogen and oxygen atoms in total. The van der Waals surface area contributed by atoms with E-state index in [4.69, 9.17) is 0 Å². The van der Waals surface area contributed by atoms with Crippen LogP contribution >= 0.6 is 0 Å². The number of hydrogen-bond acceptors (Lipinski definition) is 1. The summed E-state index contributed by atoms with van der Waals surface area (Å²) in [6.07, 6.45) is 3.29. The van der Waals surface area contributed by atoms with E-state index in [1.54, 1.807) is 12.4 Å². The van der Waals surface area contributed by atoms with Gasteiger partial charge in [-0.25, -0.2) is 13.6 Å². The van der Waals surface area contributed by atoms with E-state index in [0.717, 1.165) is 22.9 Å². The van der Waals surface area contributed by atoms with Crippen LogP contribution in [0.2, 0.25) is 0 Å². The number of benzene rings is 2. The van der Waals surface area contributed by atoms with Crippen LogP contribution in [0.15, 0.2) is 54.9 Å². The molecule has 0 unspecified atom stereocenters. The number of amides is 1. The van der Waals surface area contributed by atoms with Crippen LogP contribution in [0.25, 0.3) is 10.8 Å². The van der Waals surface area contributed by atoms with Gasteiger partial charge in [0.1, 0.15) is 11.6 Å². The molecule has 100 valence electrons. The lowest BCUT2D eigenvalue weighted by molar-refractivity contribution is 0.253. The Hall–Kier alpha value is -2.69. The lowest BCUT2D eigenvalue weighted by Crippen LogP contribution is -2.18. The molecule has 0 radical (unpaired) electrons. The average molecular weight is 272 g/mol. The molecule has 0 spiro atoms. The Morgan fingerprint density at radius 3 is 2.25 bits per heavy atom. The van der Waals surface area contributed by atoms with Gasteiger partial charge in [0.25, 0.3) is 0 Å². The highest BCUT2D eigenvalue weighted by atomic mass is 19.1. The molecule has 0 saturated carbocycles. The summed E-state index contributed by atoms with van der Waals surface area (Å²) in [5, 5.41) is 4.21. The second-order valence-corrected chi connectivity index (χ2v) is 4.35. The standard InChI is InChI=1S/C15H10F2N2O/c16-12-5-6-14(13(17)7-12)18-15(20)19-8-10-3-1-2-4-11(10)9-19/h1-9H,(H,18,20). The second-order valence-electron chi connectivity index (χ2n) is 4.35. The van der Waals surface area contributed by atoms with E-state index in [1.165, 1.54) is 10.6 Å². The molecule has 3 aromatic rings. The molecular formula is C15H10F2N2O. The summed E-state index contributed by atoms with van der Waals surface area (Å²) in [6.45, 7) is 0. The SMILES string of the molecule is O=C(Nc1ccc(F)cc1F)n1cc2ccccc2c1. The molecule has 1 heterocycles. The summed E-state index contributed by atoms with van der Waals surface area (Å²) in [7, 11) is 0. The van der Waals surface area contributed by atoms with Gasteiger partial charge >= 0.3 is 6.03 Å². The maximum absolute atomic E-state index is 13.5. The van der Waals surface area contributed by atoms with E-state index < -0.39 is 17.7 Å². The van der Waals surface area contributed by atoms with Gasteiger partial charge in [-0.2, -0.15) is 0 Å². The maximum Gasteiger partial charge on any atom is 0.330 e. The largest absolute Gasteiger partial charge is 0.330 e. The summed E-state index contributed by atoms with van der Waals surface area (Å²) >= 11 is 0. The molecule has 0 aliphatic carbocycles. The minimum absolute atomic E-state index is 0.0610. The van der Waals surface area contributed by atoms with Crippen LogP contribution in [0.4, 0.5) is 19.3 Å². The first kappa shape index (κ1) is 12.3. The van der Waals surface area contributed by atoms with Gasteiger partial charge < -0.3 is 5.32 Å². The molecule has 1 N–H and O–H groups in total. The van der Waals surface area contributed by atoms with Crippen molar-refractivity contribution in [3.05, 3.63) is 66.5 Å². The zero-order valence-electron chi connectivity index (χ0n) is 10.3. The van der Waals surface area contributed by atoms with Crippen molar-refractivity contribution in [3.8, 4) is 0 Å². The molecule has 1 amide bonds. The number of anilines is 1. The molecular weight excluding hydrogens is 262 g/mol. The topological polar surface area (TPSA) is 34.0 Å². The number of halogens is 2. The summed E-state index contributed by atoms with van der Waals surface area (Å²) in [5.74, 6) is -1.50. The number of nitrogens with one attached hydrogen (secondary N) is 1. The van der Waals surface area contributed by atoms with Gasteiger partial charge in [0, 0.05) is 18.5 Å². The third-order valence-electron chi connectivity index (χ3n) is 2.96. The number of carbonyl (C=O) groups is 1. The van der Waals surface area contributed by atoms with Crippen molar-refractivity contribution in [2.75, 3.05) is 5.32 Å². The van der Waals surface area contributed by atoms with E-state index in [1.807, 2.05) is 24.3 Å². The van der Waals surface area contributed by atoms with Crippen LogP contribution in [-0.4, -0.2) is 10.6 Å². The highest BCUT2D eigenvalue weighted by Crippen LogP contribution is 2.17. The van der Waals surface area contributed by atoms with Crippen LogP contribution in [0.3, 0.4) is 0 Å². The molecule has 0 fully saturated rings. The lowest BCUT2D eigenvalue weighted by atomic mass is 10.2.